The summed E-state index contributed by atoms with van der Waals surface area (Å²) in [5.74, 6) is 2.84. The summed E-state index contributed by atoms with van der Waals surface area (Å²) in [5, 5.41) is 9.70. The molecule has 2 saturated heterocycles. The molecule has 1 aromatic carbocycles. The third-order valence-electron chi connectivity index (χ3n) is 6.06. The molecule has 0 radical (unpaired) electrons. The second kappa shape index (κ2) is 9.12. The minimum absolute atomic E-state index is 0.0835. The van der Waals surface area contributed by atoms with E-state index in [0.717, 1.165) is 68.4 Å². The maximum absolute atomic E-state index is 9.70. The van der Waals surface area contributed by atoms with Gasteiger partial charge in [0.15, 0.2) is 0 Å². The molecule has 3 heterocycles. The van der Waals surface area contributed by atoms with Crippen LogP contribution in [0.25, 0.3) is 11.3 Å². The zero-order valence-electron chi connectivity index (χ0n) is 16.8. The van der Waals surface area contributed by atoms with Gasteiger partial charge in [-0.05, 0) is 69.0 Å². The second-order valence-electron chi connectivity index (χ2n) is 8.00. The number of nitrogens with zero attached hydrogens (tertiary/aromatic N) is 2. The fourth-order valence-corrected chi connectivity index (χ4v) is 4.41. The van der Waals surface area contributed by atoms with Gasteiger partial charge in [0, 0.05) is 37.8 Å². The van der Waals surface area contributed by atoms with Crippen LogP contribution in [0, 0.1) is 0 Å². The van der Waals surface area contributed by atoms with E-state index in [1.165, 1.54) is 12.8 Å². The predicted molar refractivity (Wildman–Crippen MR) is 110 cm³/mol. The molecule has 0 bridgehead atoms. The number of furan rings is 1. The summed E-state index contributed by atoms with van der Waals surface area (Å²) in [6, 6.07) is 12.9. The van der Waals surface area contributed by atoms with E-state index in [9.17, 15) is 5.11 Å². The lowest BCUT2D eigenvalue weighted by atomic mass is 9.99. The number of hydrogen-bond donors (Lipinski definition) is 1. The van der Waals surface area contributed by atoms with Gasteiger partial charge in [0.25, 0.3) is 0 Å². The molecule has 1 N–H and O–H groups in total. The Bertz CT molecular complexity index is 727. The van der Waals surface area contributed by atoms with Crippen LogP contribution in [0.15, 0.2) is 40.8 Å². The Kier molecular flexibility index (Phi) is 6.35. The zero-order chi connectivity index (χ0) is 19.3. The number of likely N-dealkylation sites (tertiary alicyclic amines) is 2. The maximum Gasteiger partial charge on any atom is 0.134 e. The van der Waals surface area contributed by atoms with Crippen molar-refractivity contribution in [2.45, 2.75) is 51.3 Å². The van der Waals surface area contributed by atoms with Gasteiger partial charge in [-0.1, -0.05) is 0 Å². The topological polar surface area (TPSA) is 49.1 Å². The molecule has 2 aliphatic rings. The van der Waals surface area contributed by atoms with Crippen molar-refractivity contribution in [2.24, 2.45) is 0 Å². The lowest BCUT2D eigenvalue weighted by Gasteiger charge is -2.40. The zero-order valence-corrected chi connectivity index (χ0v) is 16.8. The van der Waals surface area contributed by atoms with Gasteiger partial charge in [0.2, 0.25) is 0 Å². The van der Waals surface area contributed by atoms with Crippen molar-refractivity contribution in [3.63, 3.8) is 0 Å². The van der Waals surface area contributed by atoms with Crippen LogP contribution in [0.3, 0.4) is 0 Å². The van der Waals surface area contributed by atoms with E-state index in [2.05, 4.69) is 34.1 Å². The van der Waals surface area contributed by atoms with Gasteiger partial charge in [-0.25, -0.2) is 0 Å². The third kappa shape index (κ3) is 4.77. The predicted octanol–water partition coefficient (Wildman–Crippen LogP) is 3.77. The van der Waals surface area contributed by atoms with Crippen LogP contribution < -0.4 is 4.74 Å². The standard InChI is InChI=1S/C23H32N2O3/c1-2-27-21-5-3-18(4-6-21)23-8-7-22(28-23)17-24-13-9-19(10-14-24)25-15-11-20(26)12-16-25/h3-8,19-20,26H,2,9-17H2,1H3. The van der Waals surface area contributed by atoms with E-state index in [-0.39, 0.29) is 6.10 Å². The Morgan fingerprint density at radius 3 is 2.36 bits per heavy atom. The van der Waals surface area contributed by atoms with Crippen LogP contribution in [0.1, 0.15) is 38.4 Å². The third-order valence-corrected chi connectivity index (χ3v) is 6.06. The van der Waals surface area contributed by atoms with Gasteiger partial charge in [-0.15, -0.1) is 0 Å². The van der Waals surface area contributed by atoms with Gasteiger partial charge in [0.05, 0.1) is 19.3 Å². The summed E-state index contributed by atoms with van der Waals surface area (Å²) in [7, 11) is 0. The number of hydrogen-bond acceptors (Lipinski definition) is 5. The monoisotopic (exact) mass is 384 g/mol. The Hall–Kier alpha value is -1.82. The molecule has 0 atom stereocenters. The summed E-state index contributed by atoms with van der Waals surface area (Å²) >= 11 is 0. The van der Waals surface area contributed by atoms with Gasteiger partial charge in [-0.3, -0.25) is 4.90 Å². The number of piperidine rings is 2. The number of aliphatic hydroxyl groups excluding tert-OH is 1. The van der Waals surface area contributed by atoms with Crippen molar-refractivity contribution in [1.29, 1.82) is 0 Å². The summed E-state index contributed by atoms with van der Waals surface area (Å²) in [5.41, 5.74) is 1.08. The van der Waals surface area contributed by atoms with Gasteiger partial charge in [0.1, 0.15) is 17.3 Å². The van der Waals surface area contributed by atoms with E-state index in [1.54, 1.807) is 0 Å². The van der Waals surface area contributed by atoms with Crippen molar-refractivity contribution in [1.82, 2.24) is 9.80 Å². The van der Waals surface area contributed by atoms with E-state index in [4.69, 9.17) is 9.15 Å². The largest absolute Gasteiger partial charge is 0.494 e. The van der Waals surface area contributed by atoms with Crippen LogP contribution in [0.5, 0.6) is 5.75 Å². The second-order valence-corrected chi connectivity index (χ2v) is 8.00. The molecule has 152 valence electrons. The number of ether oxygens (including phenoxy) is 1. The first-order valence-electron chi connectivity index (χ1n) is 10.7. The minimum atomic E-state index is -0.0835. The SMILES string of the molecule is CCOc1ccc(-c2ccc(CN3CCC(N4CCC(O)CC4)CC3)o2)cc1. The van der Waals surface area contributed by atoms with E-state index in [1.807, 2.05) is 19.1 Å². The summed E-state index contributed by atoms with van der Waals surface area (Å²) in [6.45, 7) is 7.88. The van der Waals surface area contributed by atoms with Gasteiger partial charge >= 0.3 is 0 Å². The molecular formula is C23H32N2O3. The summed E-state index contributed by atoms with van der Waals surface area (Å²) in [6.07, 6.45) is 4.20. The van der Waals surface area contributed by atoms with Crippen LogP contribution in [-0.4, -0.2) is 59.8 Å². The molecule has 0 unspecified atom stereocenters. The minimum Gasteiger partial charge on any atom is -0.494 e. The average molecular weight is 385 g/mol. The van der Waals surface area contributed by atoms with Crippen molar-refractivity contribution in [3.05, 3.63) is 42.2 Å². The molecule has 1 aromatic heterocycles. The van der Waals surface area contributed by atoms with E-state index >= 15 is 0 Å². The number of benzene rings is 1. The van der Waals surface area contributed by atoms with Crippen LogP contribution >= 0.6 is 0 Å². The Labute approximate surface area is 167 Å². The average Bonchev–Trinajstić information content (AvgIpc) is 3.19. The highest BCUT2D eigenvalue weighted by atomic mass is 16.5. The van der Waals surface area contributed by atoms with Crippen LogP contribution in [0.4, 0.5) is 0 Å². The number of aliphatic hydroxyl groups is 1. The first kappa shape index (κ1) is 19.5. The molecule has 2 aromatic rings. The molecule has 4 rings (SSSR count). The van der Waals surface area contributed by atoms with Crippen LogP contribution in [-0.2, 0) is 6.54 Å². The Balaban J connectivity index is 1.28. The molecule has 5 heteroatoms. The van der Waals surface area contributed by atoms with E-state index in [0.29, 0.717) is 12.6 Å². The van der Waals surface area contributed by atoms with Crippen LogP contribution in [0.2, 0.25) is 0 Å². The molecule has 0 aliphatic carbocycles. The summed E-state index contributed by atoms with van der Waals surface area (Å²) < 4.78 is 11.6. The van der Waals surface area contributed by atoms with Gasteiger partial charge < -0.3 is 19.2 Å². The molecule has 28 heavy (non-hydrogen) atoms. The van der Waals surface area contributed by atoms with Crippen molar-refractivity contribution in [3.8, 4) is 17.1 Å². The Morgan fingerprint density at radius 1 is 0.964 bits per heavy atom. The van der Waals surface area contributed by atoms with E-state index < -0.39 is 0 Å². The molecule has 2 fully saturated rings. The molecule has 5 nitrogen and oxygen atoms in total. The molecular weight excluding hydrogens is 352 g/mol. The van der Waals surface area contributed by atoms with Gasteiger partial charge in [-0.2, -0.15) is 0 Å². The Morgan fingerprint density at radius 2 is 1.68 bits per heavy atom. The highest BCUT2D eigenvalue weighted by Crippen LogP contribution is 2.26. The highest BCUT2D eigenvalue weighted by Gasteiger charge is 2.27. The first-order valence-corrected chi connectivity index (χ1v) is 10.7. The normalized spacial score (nSPS) is 20.5. The molecule has 0 amide bonds. The quantitative estimate of drug-likeness (QED) is 0.822. The highest BCUT2D eigenvalue weighted by molar-refractivity contribution is 5.58. The number of rotatable bonds is 6. The van der Waals surface area contributed by atoms with Crippen molar-refractivity contribution < 1.29 is 14.3 Å². The molecule has 2 aliphatic heterocycles. The smallest absolute Gasteiger partial charge is 0.134 e. The van der Waals surface area contributed by atoms with Crippen molar-refractivity contribution in [2.75, 3.05) is 32.8 Å². The lowest BCUT2D eigenvalue weighted by molar-refractivity contribution is 0.0366. The maximum atomic E-state index is 9.70. The fourth-order valence-electron chi connectivity index (χ4n) is 4.41. The van der Waals surface area contributed by atoms with Crippen molar-refractivity contribution >= 4 is 0 Å². The first-order chi connectivity index (χ1) is 13.7. The molecule has 0 spiro atoms. The summed E-state index contributed by atoms with van der Waals surface area (Å²) in [4.78, 5) is 5.08. The fraction of sp³-hybridized carbons (Fsp3) is 0.565. The molecule has 0 saturated carbocycles. The lowest BCUT2D eigenvalue weighted by Crippen LogP contribution is -2.48.